The van der Waals surface area contributed by atoms with E-state index in [1.165, 1.54) is 24.3 Å². The lowest BCUT2D eigenvalue weighted by molar-refractivity contribution is -0.135. The summed E-state index contributed by atoms with van der Waals surface area (Å²) in [5, 5.41) is 4.63. The van der Waals surface area contributed by atoms with Gasteiger partial charge in [-0.2, -0.15) is 4.98 Å². The van der Waals surface area contributed by atoms with Gasteiger partial charge in [0, 0.05) is 36.8 Å². The predicted molar refractivity (Wildman–Crippen MR) is 108 cm³/mol. The van der Waals surface area contributed by atoms with Gasteiger partial charge in [-0.05, 0) is 36.4 Å². The number of ether oxygens (including phenoxy) is 1. The number of carbonyl (C=O) groups is 1. The fourth-order valence-corrected chi connectivity index (χ4v) is 3.37. The van der Waals surface area contributed by atoms with Crippen molar-refractivity contribution in [3.63, 3.8) is 0 Å². The van der Waals surface area contributed by atoms with Gasteiger partial charge in [-0.15, -0.1) is 0 Å². The normalized spacial score (nSPS) is 14.7. The first-order valence-corrected chi connectivity index (χ1v) is 9.91. The molecule has 1 amide bonds. The molecule has 0 saturated carbocycles. The Morgan fingerprint density at radius 2 is 1.90 bits per heavy atom. The Bertz CT molecular complexity index is 1000. The van der Waals surface area contributed by atoms with Crippen molar-refractivity contribution in [1.29, 1.82) is 0 Å². The van der Waals surface area contributed by atoms with Crippen LogP contribution in [0.2, 0.25) is 5.02 Å². The van der Waals surface area contributed by atoms with Crippen LogP contribution in [0.3, 0.4) is 0 Å². The first-order chi connectivity index (χ1) is 14.6. The molecule has 1 saturated heterocycles. The van der Waals surface area contributed by atoms with Crippen LogP contribution >= 0.6 is 11.6 Å². The van der Waals surface area contributed by atoms with Crippen molar-refractivity contribution in [3.8, 4) is 17.1 Å². The molecule has 0 spiro atoms. The number of nitrogens with zero attached hydrogens (tertiary/aromatic N) is 4. The molecule has 4 rings (SSSR count). The maximum Gasteiger partial charge on any atom is 0.260 e. The van der Waals surface area contributed by atoms with Gasteiger partial charge < -0.3 is 14.2 Å². The van der Waals surface area contributed by atoms with E-state index < -0.39 is 0 Å². The first kappa shape index (κ1) is 20.3. The van der Waals surface area contributed by atoms with Gasteiger partial charge in [-0.1, -0.05) is 28.9 Å². The number of hydrogen-bond acceptors (Lipinski definition) is 6. The van der Waals surface area contributed by atoms with E-state index in [0.29, 0.717) is 55.2 Å². The quantitative estimate of drug-likeness (QED) is 0.597. The van der Waals surface area contributed by atoms with Gasteiger partial charge in [-0.3, -0.25) is 9.69 Å². The largest absolute Gasteiger partial charge is 0.484 e. The zero-order valence-electron chi connectivity index (χ0n) is 16.1. The lowest BCUT2D eigenvalue weighted by Gasteiger charge is -2.33. The van der Waals surface area contributed by atoms with Crippen molar-refractivity contribution in [1.82, 2.24) is 19.9 Å². The highest BCUT2D eigenvalue weighted by molar-refractivity contribution is 6.30. The van der Waals surface area contributed by atoms with Gasteiger partial charge in [0.15, 0.2) is 6.61 Å². The number of aromatic nitrogens is 2. The lowest BCUT2D eigenvalue weighted by Crippen LogP contribution is -2.49. The van der Waals surface area contributed by atoms with E-state index in [0.717, 1.165) is 5.56 Å². The molecule has 30 heavy (non-hydrogen) atoms. The third-order valence-electron chi connectivity index (χ3n) is 4.81. The second kappa shape index (κ2) is 9.23. The average molecular weight is 431 g/mol. The molecule has 0 atom stereocenters. The summed E-state index contributed by atoms with van der Waals surface area (Å²) < 4.78 is 23.7. The molecule has 1 aliphatic rings. The second-order valence-electron chi connectivity index (χ2n) is 6.92. The van der Waals surface area contributed by atoms with Crippen LogP contribution in [-0.2, 0) is 11.3 Å². The van der Waals surface area contributed by atoms with Crippen LogP contribution in [0, 0.1) is 5.82 Å². The Kier molecular flexibility index (Phi) is 6.25. The topological polar surface area (TPSA) is 71.7 Å². The molecule has 156 valence electrons. The van der Waals surface area contributed by atoms with Crippen molar-refractivity contribution in [3.05, 3.63) is 65.3 Å². The van der Waals surface area contributed by atoms with E-state index in [-0.39, 0.29) is 18.3 Å². The number of halogens is 2. The predicted octanol–water partition coefficient (Wildman–Crippen LogP) is 3.25. The molecule has 1 fully saturated rings. The first-order valence-electron chi connectivity index (χ1n) is 9.54. The highest BCUT2D eigenvalue weighted by atomic mass is 35.5. The van der Waals surface area contributed by atoms with Crippen LogP contribution in [0.25, 0.3) is 11.4 Å². The molecule has 0 radical (unpaired) electrons. The summed E-state index contributed by atoms with van der Waals surface area (Å²) in [5.41, 5.74) is 0.800. The van der Waals surface area contributed by atoms with E-state index in [1.54, 1.807) is 17.0 Å². The summed E-state index contributed by atoms with van der Waals surface area (Å²) >= 11 is 6.01. The molecule has 3 aromatic rings. The minimum Gasteiger partial charge on any atom is -0.484 e. The minimum absolute atomic E-state index is 0.0711. The van der Waals surface area contributed by atoms with Gasteiger partial charge in [-0.25, -0.2) is 4.39 Å². The van der Waals surface area contributed by atoms with Gasteiger partial charge in [0.2, 0.25) is 11.7 Å². The van der Waals surface area contributed by atoms with Gasteiger partial charge in [0.1, 0.15) is 11.6 Å². The van der Waals surface area contributed by atoms with E-state index >= 15 is 0 Å². The Labute approximate surface area is 178 Å². The molecule has 0 unspecified atom stereocenters. The zero-order valence-corrected chi connectivity index (χ0v) is 16.9. The standard InChI is InChI=1S/C21H20ClFN4O3/c22-16-3-1-2-15(12-16)21-24-19(30-25-21)13-26-8-10-27(11-9-26)20(28)14-29-18-6-4-17(23)5-7-18/h1-7,12H,8-11,13-14H2. The smallest absolute Gasteiger partial charge is 0.260 e. The SMILES string of the molecule is O=C(COc1ccc(F)cc1)N1CCN(Cc2nc(-c3cccc(Cl)c3)no2)CC1. The monoisotopic (exact) mass is 430 g/mol. The van der Waals surface area contributed by atoms with Crippen LogP contribution in [0.5, 0.6) is 5.75 Å². The molecule has 7 nitrogen and oxygen atoms in total. The number of benzene rings is 2. The van der Waals surface area contributed by atoms with Gasteiger partial charge >= 0.3 is 0 Å². The van der Waals surface area contributed by atoms with E-state index in [1.807, 2.05) is 12.1 Å². The molecular formula is C21H20ClFN4O3. The second-order valence-corrected chi connectivity index (χ2v) is 7.36. The third-order valence-corrected chi connectivity index (χ3v) is 5.05. The summed E-state index contributed by atoms with van der Waals surface area (Å²) in [6.45, 7) is 3.00. The molecular weight excluding hydrogens is 411 g/mol. The van der Waals surface area contributed by atoms with E-state index in [9.17, 15) is 9.18 Å². The number of amides is 1. The average Bonchev–Trinajstić information content (AvgIpc) is 3.22. The minimum atomic E-state index is -0.342. The molecule has 2 aromatic carbocycles. The van der Waals surface area contributed by atoms with Crippen molar-refractivity contribution >= 4 is 17.5 Å². The highest BCUT2D eigenvalue weighted by Gasteiger charge is 2.23. The molecule has 1 aromatic heterocycles. The summed E-state index contributed by atoms with van der Waals surface area (Å²) in [4.78, 5) is 20.7. The Balaban J connectivity index is 1.24. The van der Waals surface area contributed by atoms with Crippen molar-refractivity contribution in [2.24, 2.45) is 0 Å². The highest BCUT2D eigenvalue weighted by Crippen LogP contribution is 2.20. The maximum atomic E-state index is 12.9. The number of rotatable bonds is 6. The summed E-state index contributed by atoms with van der Waals surface area (Å²) in [6, 6.07) is 12.9. The summed E-state index contributed by atoms with van der Waals surface area (Å²) in [5.74, 6) is 1.05. The Hall–Kier alpha value is -2.97. The zero-order chi connectivity index (χ0) is 20.9. The van der Waals surface area contributed by atoms with Crippen LogP contribution < -0.4 is 4.74 Å². The molecule has 0 bridgehead atoms. The lowest BCUT2D eigenvalue weighted by atomic mass is 10.2. The Morgan fingerprint density at radius 1 is 1.13 bits per heavy atom. The molecule has 0 aliphatic carbocycles. The fraction of sp³-hybridized carbons (Fsp3) is 0.286. The Morgan fingerprint density at radius 3 is 2.63 bits per heavy atom. The molecule has 0 N–H and O–H groups in total. The molecule has 2 heterocycles. The molecule has 9 heteroatoms. The number of piperazine rings is 1. The van der Waals surface area contributed by atoms with E-state index in [4.69, 9.17) is 20.9 Å². The van der Waals surface area contributed by atoms with Gasteiger partial charge in [0.05, 0.1) is 6.54 Å². The van der Waals surface area contributed by atoms with Crippen molar-refractivity contribution in [2.45, 2.75) is 6.54 Å². The number of carbonyl (C=O) groups excluding carboxylic acids is 1. The van der Waals surface area contributed by atoms with Gasteiger partial charge in [0.25, 0.3) is 5.91 Å². The molecule has 1 aliphatic heterocycles. The van der Waals surface area contributed by atoms with Crippen molar-refractivity contribution < 1.29 is 18.4 Å². The number of hydrogen-bond donors (Lipinski definition) is 0. The maximum absolute atomic E-state index is 12.9. The van der Waals surface area contributed by atoms with Crippen LogP contribution in [0.1, 0.15) is 5.89 Å². The van der Waals surface area contributed by atoms with Crippen LogP contribution in [0.4, 0.5) is 4.39 Å². The third kappa shape index (κ3) is 5.14. The van der Waals surface area contributed by atoms with Crippen LogP contribution in [-0.4, -0.2) is 58.6 Å². The van der Waals surface area contributed by atoms with Crippen molar-refractivity contribution in [2.75, 3.05) is 32.8 Å². The van der Waals surface area contributed by atoms with E-state index in [2.05, 4.69) is 15.0 Å². The van der Waals surface area contributed by atoms with Crippen LogP contribution in [0.15, 0.2) is 53.1 Å². The fourth-order valence-electron chi connectivity index (χ4n) is 3.18. The summed E-state index contributed by atoms with van der Waals surface area (Å²) in [6.07, 6.45) is 0. The summed E-state index contributed by atoms with van der Waals surface area (Å²) in [7, 11) is 0.